The third kappa shape index (κ3) is 6.58. The fraction of sp³-hybridized carbons (Fsp3) is 0.562. The topological polar surface area (TPSA) is 75.7 Å². The van der Waals surface area contributed by atoms with Gasteiger partial charge in [0, 0.05) is 25.6 Å². The number of hydrogen-bond donors (Lipinski definition) is 1. The Labute approximate surface area is 138 Å². The lowest BCUT2D eigenvalue weighted by atomic mass is 10.2. The van der Waals surface area contributed by atoms with E-state index < -0.39 is 10.0 Å². The Morgan fingerprint density at radius 3 is 2.39 bits per heavy atom. The minimum Gasteiger partial charge on any atom is -0.497 e. The average Bonchev–Trinajstić information content (AvgIpc) is 2.52. The van der Waals surface area contributed by atoms with Crippen LogP contribution in [0.4, 0.5) is 0 Å². The van der Waals surface area contributed by atoms with Crippen molar-refractivity contribution in [3.8, 4) is 5.75 Å². The molecule has 1 unspecified atom stereocenters. The molecule has 0 bridgehead atoms. The summed E-state index contributed by atoms with van der Waals surface area (Å²) in [6.07, 6.45) is 2.03. The van der Waals surface area contributed by atoms with Crippen molar-refractivity contribution in [2.45, 2.75) is 39.3 Å². The standard InChI is InChI=1S/C16H26N2O4S/c1-5-13(2)18(23(4,20)21)11-10-16(19)17-12-14-6-8-15(22-3)9-7-14/h6-9,13H,5,10-12H2,1-4H3,(H,17,19). The number of rotatable bonds is 9. The summed E-state index contributed by atoms with van der Waals surface area (Å²) in [5.74, 6) is 0.593. The number of methoxy groups -OCH3 is 1. The van der Waals surface area contributed by atoms with Gasteiger partial charge in [0.05, 0.1) is 13.4 Å². The Morgan fingerprint density at radius 2 is 1.91 bits per heavy atom. The molecule has 0 heterocycles. The highest BCUT2D eigenvalue weighted by atomic mass is 32.2. The second kappa shape index (κ2) is 8.88. The van der Waals surface area contributed by atoms with Gasteiger partial charge in [-0.1, -0.05) is 19.1 Å². The van der Waals surface area contributed by atoms with E-state index in [-0.39, 0.29) is 24.9 Å². The molecular weight excluding hydrogens is 316 g/mol. The molecule has 0 aliphatic rings. The number of benzene rings is 1. The molecule has 0 radical (unpaired) electrons. The van der Waals surface area contributed by atoms with E-state index in [0.29, 0.717) is 13.0 Å². The van der Waals surface area contributed by atoms with E-state index in [9.17, 15) is 13.2 Å². The number of sulfonamides is 1. The largest absolute Gasteiger partial charge is 0.497 e. The van der Waals surface area contributed by atoms with Crippen LogP contribution in [0.2, 0.25) is 0 Å². The van der Waals surface area contributed by atoms with Crippen molar-refractivity contribution in [3.05, 3.63) is 29.8 Å². The smallest absolute Gasteiger partial charge is 0.221 e. The van der Waals surface area contributed by atoms with Gasteiger partial charge in [0.25, 0.3) is 0 Å². The lowest BCUT2D eigenvalue weighted by Crippen LogP contribution is -2.40. The van der Waals surface area contributed by atoms with Gasteiger partial charge < -0.3 is 10.1 Å². The van der Waals surface area contributed by atoms with E-state index in [4.69, 9.17) is 4.74 Å². The van der Waals surface area contributed by atoms with E-state index in [0.717, 1.165) is 11.3 Å². The summed E-state index contributed by atoms with van der Waals surface area (Å²) in [5, 5.41) is 2.80. The summed E-state index contributed by atoms with van der Waals surface area (Å²) in [4.78, 5) is 11.9. The maximum absolute atomic E-state index is 11.9. The molecule has 0 saturated heterocycles. The van der Waals surface area contributed by atoms with Crippen LogP contribution >= 0.6 is 0 Å². The fourth-order valence-electron chi connectivity index (χ4n) is 2.16. The molecule has 0 fully saturated rings. The van der Waals surface area contributed by atoms with Crippen LogP contribution in [0.1, 0.15) is 32.3 Å². The van der Waals surface area contributed by atoms with Gasteiger partial charge >= 0.3 is 0 Å². The van der Waals surface area contributed by atoms with E-state index in [2.05, 4.69) is 5.32 Å². The second-order valence-corrected chi connectivity index (χ2v) is 7.44. The molecule has 1 aromatic carbocycles. The Bertz CT molecular complexity index is 599. The van der Waals surface area contributed by atoms with Crippen LogP contribution in [0.3, 0.4) is 0 Å². The lowest BCUT2D eigenvalue weighted by molar-refractivity contribution is -0.121. The number of hydrogen-bond acceptors (Lipinski definition) is 4. The summed E-state index contributed by atoms with van der Waals surface area (Å²) in [5.41, 5.74) is 0.959. The second-order valence-electron chi connectivity index (χ2n) is 5.51. The van der Waals surface area contributed by atoms with Crippen LogP contribution in [0.5, 0.6) is 5.75 Å². The molecule has 23 heavy (non-hydrogen) atoms. The molecule has 0 aromatic heterocycles. The van der Waals surface area contributed by atoms with Crippen LogP contribution in [0.15, 0.2) is 24.3 Å². The van der Waals surface area contributed by atoms with Crippen LogP contribution in [0, 0.1) is 0 Å². The molecule has 1 rings (SSSR count). The monoisotopic (exact) mass is 342 g/mol. The maximum atomic E-state index is 11.9. The zero-order valence-corrected chi connectivity index (χ0v) is 15.0. The average molecular weight is 342 g/mol. The third-order valence-corrected chi connectivity index (χ3v) is 5.11. The van der Waals surface area contributed by atoms with Crippen molar-refractivity contribution < 1.29 is 17.9 Å². The summed E-state index contributed by atoms with van der Waals surface area (Å²) < 4.78 is 30.0. The highest BCUT2D eigenvalue weighted by Crippen LogP contribution is 2.12. The van der Waals surface area contributed by atoms with Gasteiger partial charge in [-0.25, -0.2) is 8.42 Å². The SMILES string of the molecule is CCC(C)N(CCC(=O)NCc1ccc(OC)cc1)S(C)(=O)=O. The number of amides is 1. The number of nitrogens with one attached hydrogen (secondary N) is 1. The minimum atomic E-state index is -3.31. The summed E-state index contributed by atoms with van der Waals surface area (Å²) in [6.45, 7) is 4.37. The normalized spacial score (nSPS) is 12.9. The zero-order valence-electron chi connectivity index (χ0n) is 14.2. The van der Waals surface area contributed by atoms with Gasteiger partial charge in [0.15, 0.2) is 0 Å². The molecular formula is C16H26N2O4S. The van der Waals surface area contributed by atoms with E-state index in [1.807, 2.05) is 38.1 Å². The number of ether oxygens (including phenoxy) is 1. The van der Waals surface area contributed by atoms with Gasteiger partial charge in [-0.3, -0.25) is 4.79 Å². The Hall–Kier alpha value is -1.60. The first-order valence-corrected chi connectivity index (χ1v) is 9.49. The summed E-state index contributed by atoms with van der Waals surface area (Å²) in [7, 11) is -1.71. The van der Waals surface area contributed by atoms with Crippen LogP contribution in [-0.4, -0.2) is 44.6 Å². The van der Waals surface area contributed by atoms with Crippen molar-refractivity contribution >= 4 is 15.9 Å². The van der Waals surface area contributed by atoms with Gasteiger partial charge in [0.2, 0.25) is 15.9 Å². The predicted octanol–water partition coefficient (Wildman–Crippen LogP) is 1.76. The Balaban J connectivity index is 2.49. The van der Waals surface area contributed by atoms with Crippen molar-refractivity contribution in [1.82, 2.24) is 9.62 Å². The molecule has 0 spiro atoms. The van der Waals surface area contributed by atoms with Crippen molar-refractivity contribution in [3.63, 3.8) is 0 Å². The first-order valence-electron chi connectivity index (χ1n) is 7.64. The molecule has 0 aliphatic carbocycles. The molecule has 1 aromatic rings. The summed E-state index contributed by atoms with van der Waals surface area (Å²) in [6, 6.07) is 7.30. The first kappa shape index (κ1) is 19.4. The fourth-order valence-corrected chi connectivity index (χ4v) is 3.39. The zero-order chi connectivity index (χ0) is 17.5. The molecule has 6 nitrogen and oxygen atoms in total. The Kier molecular flexibility index (Phi) is 7.51. The van der Waals surface area contributed by atoms with Gasteiger partial charge in [-0.15, -0.1) is 0 Å². The molecule has 130 valence electrons. The lowest BCUT2D eigenvalue weighted by Gasteiger charge is -2.25. The minimum absolute atomic E-state index is 0.112. The van der Waals surface area contributed by atoms with Crippen molar-refractivity contribution in [1.29, 1.82) is 0 Å². The maximum Gasteiger partial charge on any atom is 0.221 e. The van der Waals surface area contributed by atoms with E-state index in [1.54, 1.807) is 7.11 Å². The molecule has 0 saturated carbocycles. The third-order valence-electron chi connectivity index (χ3n) is 3.72. The molecule has 7 heteroatoms. The van der Waals surface area contributed by atoms with Crippen LogP contribution in [-0.2, 0) is 21.4 Å². The molecule has 0 aliphatic heterocycles. The molecule has 1 N–H and O–H groups in total. The highest BCUT2D eigenvalue weighted by molar-refractivity contribution is 7.88. The number of carbonyl (C=O) groups excluding carboxylic acids is 1. The van der Waals surface area contributed by atoms with Crippen LogP contribution < -0.4 is 10.1 Å². The van der Waals surface area contributed by atoms with E-state index in [1.165, 1.54) is 10.6 Å². The van der Waals surface area contributed by atoms with Crippen molar-refractivity contribution in [2.24, 2.45) is 0 Å². The Morgan fingerprint density at radius 1 is 1.30 bits per heavy atom. The van der Waals surface area contributed by atoms with E-state index >= 15 is 0 Å². The molecule has 1 atom stereocenters. The number of nitrogens with zero attached hydrogens (tertiary/aromatic N) is 1. The van der Waals surface area contributed by atoms with Crippen LogP contribution in [0.25, 0.3) is 0 Å². The molecule has 1 amide bonds. The predicted molar refractivity (Wildman–Crippen MR) is 90.8 cm³/mol. The highest BCUT2D eigenvalue weighted by Gasteiger charge is 2.22. The van der Waals surface area contributed by atoms with Crippen molar-refractivity contribution in [2.75, 3.05) is 19.9 Å². The van der Waals surface area contributed by atoms with Gasteiger partial charge in [-0.2, -0.15) is 4.31 Å². The quantitative estimate of drug-likeness (QED) is 0.742. The first-order chi connectivity index (χ1) is 10.8. The summed E-state index contributed by atoms with van der Waals surface area (Å²) >= 11 is 0. The van der Waals surface area contributed by atoms with Gasteiger partial charge in [0.1, 0.15) is 5.75 Å². The number of carbonyl (C=O) groups is 1. The van der Waals surface area contributed by atoms with Gasteiger partial charge in [-0.05, 0) is 31.0 Å².